The predicted octanol–water partition coefficient (Wildman–Crippen LogP) is 2.13. The molecule has 0 spiro atoms. The van der Waals surface area contributed by atoms with Gasteiger partial charge in [-0.2, -0.15) is 0 Å². The fraction of sp³-hybridized carbons (Fsp3) is 0.200. The molecule has 3 amide bonds. The molecule has 0 radical (unpaired) electrons. The van der Waals surface area contributed by atoms with Gasteiger partial charge in [-0.1, -0.05) is 23.7 Å². The number of amides is 3. The molecule has 152 valence electrons. The van der Waals surface area contributed by atoms with Crippen LogP contribution in [-0.2, 0) is 14.3 Å². The molecular formula is C20H20ClN3O5. The van der Waals surface area contributed by atoms with E-state index in [1.165, 1.54) is 44.2 Å². The molecule has 2 aromatic carbocycles. The summed E-state index contributed by atoms with van der Waals surface area (Å²) in [5.41, 5.74) is 6.08. The second-order valence-electron chi connectivity index (χ2n) is 6.18. The van der Waals surface area contributed by atoms with Gasteiger partial charge < -0.3 is 21.1 Å². The summed E-state index contributed by atoms with van der Waals surface area (Å²) in [6.45, 7) is 2.83. The van der Waals surface area contributed by atoms with Crippen molar-refractivity contribution >= 4 is 41.0 Å². The number of esters is 1. The molecule has 2 rings (SSSR count). The quantitative estimate of drug-likeness (QED) is 0.594. The summed E-state index contributed by atoms with van der Waals surface area (Å²) in [6.07, 6.45) is -1.11. The zero-order valence-corrected chi connectivity index (χ0v) is 16.5. The lowest BCUT2D eigenvalue weighted by molar-refractivity contribution is -0.154. The van der Waals surface area contributed by atoms with E-state index in [0.29, 0.717) is 11.3 Å². The van der Waals surface area contributed by atoms with Crippen molar-refractivity contribution in [2.45, 2.75) is 26.0 Å². The second-order valence-corrected chi connectivity index (χ2v) is 6.59. The van der Waals surface area contributed by atoms with E-state index >= 15 is 0 Å². The Bertz CT molecular complexity index is 930. The normalized spacial score (nSPS) is 12.4. The molecule has 0 aliphatic carbocycles. The van der Waals surface area contributed by atoms with Gasteiger partial charge in [0, 0.05) is 11.3 Å². The third-order valence-corrected chi connectivity index (χ3v) is 4.25. The molecule has 0 saturated carbocycles. The fourth-order valence-electron chi connectivity index (χ4n) is 2.27. The highest BCUT2D eigenvalue weighted by atomic mass is 35.5. The summed E-state index contributed by atoms with van der Waals surface area (Å²) >= 11 is 5.96. The molecular weight excluding hydrogens is 398 g/mol. The van der Waals surface area contributed by atoms with E-state index in [1.54, 1.807) is 18.2 Å². The summed E-state index contributed by atoms with van der Waals surface area (Å²) in [7, 11) is 0. The minimum absolute atomic E-state index is 0.221. The van der Waals surface area contributed by atoms with Crippen LogP contribution in [0.4, 0.5) is 5.69 Å². The molecule has 0 aliphatic rings. The number of rotatable bonds is 7. The van der Waals surface area contributed by atoms with Crippen molar-refractivity contribution in [1.82, 2.24) is 5.32 Å². The first-order valence-electron chi connectivity index (χ1n) is 8.65. The molecule has 29 heavy (non-hydrogen) atoms. The van der Waals surface area contributed by atoms with E-state index in [9.17, 15) is 19.2 Å². The molecule has 0 saturated heterocycles. The van der Waals surface area contributed by atoms with Gasteiger partial charge in [0.2, 0.25) is 5.91 Å². The van der Waals surface area contributed by atoms with E-state index in [1.807, 2.05) is 0 Å². The standard InChI is InChI=1S/C20H20ClN3O5/c1-11(23-19(27)15-5-3-4-6-16(15)21)20(28)29-12(2)18(26)24-14-9-7-13(8-10-14)17(22)25/h3-12H,1-2H3,(H2,22,25)(H,23,27)(H,24,26)/t11-,12-/m0/s1. The minimum atomic E-state index is -1.11. The van der Waals surface area contributed by atoms with Crippen LogP contribution in [0.15, 0.2) is 48.5 Å². The molecule has 0 aliphatic heterocycles. The SMILES string of the molecule is C[C@H](NC(=O)c1ccccc1Cl)C(=O)O[C@@H](C)C(=O)Nc1ccc(C(N)=O)cc1. The zero-order valence-electron chi connectivity index (χ0n) is 15.8. The van der Waals surface area contributed by atoms with Crippen LogP contribution in [0, 0.1) is 0 Å². The Hall–Kier alpha value is -3.39. The number of hydrogen-bond donors (Lipinski definition) is 3. The fourth-order valence-corrected chi connectivity index (χ4v) is 2.49. The van der Waals surface area contributed by atoms with Crippen molar-refractivity contribution in [3.8, 4) is 0 Å². The molecule has 8 nitrogen and oxygen atoms in total. The highest BCUT2D eigenvalue weighted by Crippen LogP contribution is 2.15. The highest BCUT2D eigenvalue weighted by molar-refractivity contribution is 6.33. The van der Waals surface area contributed by atoms with Crippen LogP contribution in [0.3, 0.4) is 0 Å². The largest absolute Gasteiger partial charge is 0.451 e. The topological polar surface area (TPSA) is 128 Å². The van der Waals surface area contributed by atoms with Gasteiger partial charge in [0.05, 0.1) is 10.6 Å². The van der Waals surface area contributed by atoms with Gasteiger partial charge in [0.15, 0.2) is 6.10 Å². The van der Waals surface area contributed by atoms with Crippen molar-refractivity contribution in [3.63, 3.8) is 0 Å². The van der Waals surface area contributed by atoms with Crippen molar-refractivity contribution in [2.75, 3.05) is 5.32 Å². The van der Waals surface area contributed by atoms with Crippen LogP contribution in [0.25, 0.3) is 0 Å². The van der Waals surface area contributed by atoms with Crippen molar-refractivity contribution in [2.24, 2.45) is 5.73 Å². The Balaban J connectivity index is 1.89. The summed E-state index contributed by atoms with van der Waals surface area (Å²) in [6, 6.07) is 11.3. The lowest BCUT2D eigenvalue weighted by atomic mass is 10.2. The van der Waals surface area contributed by atoms with Crippen LogP contribution in [0.2, 0.25) is 5.02 Å². The molecule has 0 fully saturated rings. The number of carbonyl (C=O) groups excluding carboxylic acids is 4. The number of halogens is 1. The molecule has 0 unspecified atom stereocenters. The van der Waals surface area contributed by atoms with Gasteiger partial charge >= 0.3 is 5.97 Å². The number of primary amides is 1. The van der Waals surface area contributed by atoms with Gasteiger partial charge in [-0.15, -0.1) is 0 Å². The third-order valence-electron chi connectivity index (χ3n) is 3.92. The van der Waals surface area contributed by atoms with Crippen molar-refractivity contribution in [1.29, 1.82) is 0 Å². The van der Waals surface area contributed by atoms with Gasteiger partial charge in [-0.3, -0.25) is 14.4 Å². The number of ether oxygens (including phenoxy) is 1. The molecule has 2 atom stereocenters. The van der Waals surface area contributed by atoms with Crippen LogP contribution >= 0.6 is 11.6 Å². The average Bonchev–Trinajstić information content (AvgIpc) is 2.68. The average molecular weight is 418 g/mol. The van der Waals surface area contributed by atoms with E-state index < -0.39 is 35.8 Å². The third kappa shape index (κ3) is 6.05. The monoisotopic (exact) mass is 417 g/mol. The molecule has 2 aromatic rings. The van der Waals surface area contributed by atoms with Crippen molar-refractivity contribution in [3.05, 3.63) is 64.7 Å². The number of nitrogens with two attached hydrogens (primary N) is 1. The van der Waals surface area contributed by atoms with E-state index in [4.69, 9.17) is 22.1 Å². The highest BCUT2D eigenvalue weighted by Gasteiger charge is 2.24. The Morgan fingerprint density at radius 2 is 1.62 bits per heavy atom. The molecule has 0 aromatic heterocycles. The first kappa shape index (κ1) is 21.9. The Morgan fingerprint density at radius 3 is 2.21 bits per heavy atom. The van der Waals surface area contributed by atoms with E-state index in [-0.39, 0.29) is 10.6 Å². The minimum Gasteiger partial charge on any atom is -0.451 e. The van der Waals surface area contributed by atoms with Crippen LogP contribution < -0.4 is 16.4 Å². The lowest BCUT2D eigenvalue weighted by Gasteiger charge is -2.18. The van der Waals surface area contributed by atoms with Crippen molar-refractivity contribution < 1.29 is 23.9 Å². The number of nitrogens with one attached hydrogen (secondary N) is 2. The smallest absolute Gasteiger partial charge is 0.329 e. The maximum atomic E-state index is 12.2. The Morgan fingerprint density at radius 1 is 1.00 bits per heavy atom. The molecule has 9 heteroatoms. The maximum Gasteiger partial charge on any atom is 0.329 e. The summed E-state index contributed by atoms with van der Waals surface area (Å²) < 4.78 is 5.10. The molecule has 0 bridgehead atoms. The number of carbonyl (C=O) groups is 4. The van der Waals surface area contributed by atoms with E-state index in [2.05, 4.69) is 10.6 Å². The Kier molecular flexibility index (Phi) is 7.33. The van der Waals surface area contributed by atoms with Crippen LogP contribution in [0.5, 0.6) is 0 Å². The predicted molar refractivity (Wildman–Crippen MR) is 108 cm³/mol. The Labute approximate surface area is 172 Å². The van der Waals surface area contributed by atoms with Gasteiger partial charge in [0.25, 0.3) is 11.8 Å². The zero-order chi connectivity index (χ0) is 21.6. The first-order chi connectivity index (χ1) is 13.7. The summed E-state index contributed by atoms with van der Waals surface area (Å²) in [4.78, 5) is 47.6. The molecule has 4 N–H and O–H groups in total. The number of anilines is 1. The van der Waals surface area contributed by atoms with Gasteiger partial charge in [0.1, 0.15) is 6.04 Å². The summed E-state index contributed by atoms with van der Waals surface area (Å²) in [5.74, 6) is -2.48. The number of benzene rings is 2. The maximum absolute atomic E-state index is 12.2. The molecule has 0 heterocycles. The van der Waals surface area contributed by atoms with Gasteiger partial charge in [-0.05, 0) is 50.2 Å². The first-order valence-corrected chi connectivity index (χ1v) is 9.03. The lowest BCUT2D eigenvalue weighted by Crippen LogP contribution is -2.42. The number of hydrogen-bond acceptors (Lipinski definition) is 5. The summed E-state index contributed by atoms with van der Waals surface area (Å²) in [5, 5.41) is 5.28. The van der Waals surface area contributed by atoms with Crippen LogP contribution in [0.1, 0.15) is 34.6 Å². The van der Waals surface area contributed by atoms with Gasteiger partial charge in [-0.25, -0.2) is 4.79 Å². The van der Waals surface area contributed by atoms with E-state index in [0.717, 1.165) is 0 Å². The van der Waals surface area contributed by atoms with Crippen LogP contribution in [-0.4, -0.2) is 35.8 Å². The second kappa shape index (κ2) is 9.70.